The van der Waals surface area contributed by atoms with Crippen molar-refractivity contribution >= 4 is 28.9 Å². The van der Waals surface area contributed by atoms with Crippen LogP contribution in [0.4, 0.5) is 11.4 Å². The van der Waals surface area contributed by atoms with Gasteiger partial charge in [-0.2, -0.15) is 0 Å². The highest BCUT2D eigenvalue weighted by molar-refractivity contribution is 6.04. The van der Waals surface area contributed by atoms with Gasteiger partial charge in [0.25, 0.3) is 5.69 Å². The van der Waals surface area contributed by atoms with Crippen LogP contribution < -0.4 is 4.90 Å². The van der Waals surface area contributed by atoms with Gasteiger partial charge < -0.3 is 14.6 Å². The fourth-order valence-electron chi connectivity index (χ4n) is 3.87. The first-order valence-corrected chi connectivity index (χ1v) is 9.64. The van der Waals surface area contributed by atoms with Gasteiger partial charge >= 0.3 is 5.97 Å². The Hall–Kier alpha value is -3.49. The number of hydrogen-bond acceptors (Lipinski definition) is 7. The molecule has 1 fully saturated rings. The molecule has 1 aromatic heterocycles. The Morgan fingerprint density at radius 2 is 1.87 bits per heavy atom. The van der Waals surface area contributed by atoms with Crippen molar-refractivity contribution in [1.82, 2.24) is 4.98 Å². The number of aromatic nitrogens is 1. The third kappa shape index (κ3) is 4.10. The number of H-pyrrole nitrogens is 1. The number of ether oxygens (including phenoxy) is 1. The molecule has 1 N–H and O–H groups in total. The van der Waals surface area contributed by atoms with Crippen LogP contribution in [0.5, 0.6) is 0 Å². The van der Waals surface area contributed by atoms with E-state index >= 15 is 0 Å². The fourth-order valence-corrected chi connectivity index (χ4v) is 3.87. The number of ketones is 2. The minimum Gasteiger partial charge on any atom is -0.454 e. The summed E-state index contributed by atoms with van der Waals surface area (Å²) >= 11 is 0. The van der Waals surface area contributed by atoms with Crippen molar-refractivity contribution < 1.29 is 24.0 Å². The highest BCUT2D eigenvalue weighted by atomic mass is 16.6. The van der Waals surface area contributed by atoms with E-state index < -0.39 is 23.3 Å². The van der Waals surface area contributed by atoms with Gasteiger partial charge in [-0.1, -0.05) is 0 Å². The van der Waals surface area contributed by atoms with E-state index in [1.807, 2.05) is 4.90 Å². The molecule has 0 saturated carbocycles. The summed E-state index contributed by atoms with van der Waals surface area (Å²) < 4.78 is 5.08. The first-order chi connectivity index (χ1) is 14.2. The van der Waals surface area contributed by atoms with Crippen LogP contribution in [-0.4, -0.2) is 47.1 Å². The Morgan fingerprint density at radius 3 is 2.43 bits per heavy atom. The molecule has 0 aliphatic carbocycles. The molecular weight excluding hydrogens is 390 g/mol. The number of nitro benzene ring substituents is 1. The van der Waals surface area contributed by atoms with Crippen LogP contribution in [0.1, 0.15) is 62.2 Å². The Labute approximate surface area is 173 Å². The maximum absolute atomic E-state index is 12.5. The van der Waals surface area contributed by atoms with Gasteiger partial charge in [-0.3, -0.25) is 19.7 Å². The molecule has 0 bridgehead atoms. The van der Waals surface area contributed by atoms with Crippen LogP contribution in [0.15, 0.2) is 18.2 Å². The number of aryl methyl sites for hydroxylation is 1. The van der Waals surface area contributed by atoms with Crippen LogP contribution in [0.25, 0.3) is 0 Å². The second kappa shape index (κ2) is 8.48. The summed E-state index contributed by atoms with van der Waals surface area (Å²) in [5.74, 6) is -1.48. The molecule has 1 aromatic carbocycles. The lowest BCUT2D eigenvalue weighted by atomic mass is 10.1. The van der Waals surface area contributed by atoms with Gasteiger partial charge in [0, 0.05) is 30.4 Å². The van der Waals surface area contributed by atoms with E-state index in [0.717, 1.165) is 25.9 Å². The van der Waals surface area contributed by atoms with Crippen molar-refractivity contribution in [3.8, 4) is 0 Å². The number of aromatic amines is 1. The van der Waals surface area contributed by atoms with Gasteiger partial charge in [-0.05, 0) is 51.3 Å². The molecule has 1 saturated heterocycles. The second-order valence-electron chi connectivity index (χ2n) is 7.34. The summed E-state index contributed by atoms with van der Waals surface area (Å²) in [5.41, 5.74) is 2.04. The quantitative estimate of drug-likeness (QED) is 0.319. The van der Waals surface area contributed by atoms with Crippen LogP contribution in [0.3, 0.4) is 0 Å². The van der Waals surface area contributed by atoms with Crippen LogP contribution in [0, 0.1) is 24.0 Å². The lowest BCUT2D eigenvalue weighted by molar-refractivity contribution is -0.384. The topological polar surface area (TPSA) is 123 Å². The molecule has 9 nitrogen and oxygen atoms in total. The number of anilines is 1. The Morgan fingerprint density at radius 1 is 1.20 bits per heavy atom. The molecule has 9 heteroatoms. The Kier molecular flexibility index (Phi) is 6.00. The molecule has 0 unspecified atom stereocenters. The predicted molar refractivity (Wildman–Crippen MR) is 109 cm³/mol. The van der Waals surface area contributed by atoms with Gasteiger partial charge in [0.2, 0.25) is 5.78 Å². The van der Waals surface area contributed by atoms with E-state index in [1.165, 1.54) is 19.1 Å². The largest absolute Gasteiger partial charge is 0.454 e. The van der Waals surface area contributed by atoms with Crippen molar-refractivity contribution in [1.29, 1.82) is 0 Å². The molecule has 0 radical (unpaired) electrons. The fraction of sp³-hybridized carbons (Fsp3) is 0.381. The van der Waals surface area contributed by atoms with Crippen LogP contribution >= 0.6 is 0 Å². The standard InChI is InChI=1S/C21H23N3O6/c1-12-19(14(3)25)13(2)22-20(12)18(26)11-30-21(27)15-6-7-16(17(10-15)24(28)29)23-8-4-5-9-23/h6-7,10,22H,4-5,8-9,11H2,1-3H3. The van der Waals surface area contributed by atoms with Crippen molar-refractivity contribution in [3.05, 3.63) is 56.4 Å². The summed E-state index contributed by atoms with van der Waals surface area (Å²) in [5, 5.41) is 11.5. The van der Waals surface area contributed by atoms with Crippen LogP contribution in [0.2, 0.25) is 0 Å². The van der Waals surface area contributed by atoms with Crippen molar-refractivity contribution in [2.75, 3.05) is 24.6 Å². The molecule has 2 aromatic rings. The van der Waals surface area contributed by atoms with E-state index in [-0.39, 0.29) is 22.7 Å². The van der Waals surface area contributed by atoms with Crippen molar-refractivity contribution in [2.24, 2.45) is 0 Å². The van der Waals surface area contributed by atoms with Gasteiger partial charge in [0.15, 0.2) is 12.4 Å². The van der Waals surface area contributed by atoms with E-state index in [1.54, 1.807) is 19.9 Å². The third-order valence-electron chi connectivity index (χ3n) is 5.26. The lowest BCUT2D eigenvalue weighted by Gasteiger charge is -2.17. The average molecular weight is 413 g/mol. The van der Waals surface area contributed by atoms with Gasteiger partial charge in [0.05, 0.1) is 16.2 Å². The zero-order valence-electron chi connectivity index (χ0n) is 17.1. The van der Waals surface area contributed by atoms with E-state index in [2.05, 4.69) is 4.98 Å². The molecule has 0 spiro atoms. The number of benzene rings is 1. The number of esters is 1. The Balaban J connectivity index is 1.74. The predicted octanol–water partition coefficient (Wildman–Crippen LogP) is 3.38. The molecule has 0 amide bonds. The zero-order valence-corrected chi connectivity index (χ0v) is 17.1. The van der Waals surface area contributed by atoms with E-state index in [9.17, 15) is 24.5 Å². The number of nitrogens with zero attached hydrogens (tertiary/aromatic N) is 2. The van der Waals surface area contributed by atoms with Crippen molar-refractivity contribution in [3.63, 3.8) is 0 Å². The minimum absolute atomic E-state index is 0.00117. The zero-order chi connectivity index (χ0) is 22.0. The average Bonchev–Trinajstić information content (AvgIpc) is 3.33. The normalized spacial score (nSPS) is 13.4. The van der Waals surface area contributed by atoms with Crippen LogP contribution in [-0.2, 0) is 4.74 Å². The number of hydrogen-bond donors (Lipinski definition) is 1. The van der Waals surface area contributed by atoms with E-state index in [4.69, 9.17) is 4.74 Å². The monoisotopic (exact) mass is 413 g/mol. The third-order valence-corrected chi connectivity index (χ3v) is 5.26. The maximum atomic E-state index is 12.5. The van der Waals surface area contributed by atoms with Gasteiger partial charge in [-0.25, -0.2) is 4.79 Å². The molecule has 158 valence electrons. The molecule has 3 rings (SSSR count). The second-order valence-corrected chi connectivity index (χ2v) is 7.34. The first-order valence-electron chi connectivity index (χ1n) is 9.64. The number of Topliss-reactive ketones (excluding diaryl/α,β-unsaturated/α-hetero) is 2. The summed E-state index contributed by atoms with van der Waals surface area (Å²) in [6, 6.07) is 4.18. The Bertz CT molecular complexity index is 1030. The summed E-state index contributed by atoms with van der Waals surface area (Å²) in [6.07, 6.45) is 1.93. The SMILES string of the molecule is CC(=O)c1c(C)[nH]c(C(=O)COC(=O)c2ccc(N3CCCC3)c([N+](=O)[O-])c2)c1C. The smallest absolute Gasteiger partial charge is 0.338 e. The molecular formula is C21H23N3O6. The summed E-state index contributed by atoms with van der Waals surface area (Å²) in [7, 11) is 0. The van der Waals surface area contributed by atoms with Crippen molar-refractivity contribution in [2.45, 2.75) is 33.6 Å². The van der Waals surface area contributed by atoms with E-state index in [0.29, 0.717) is 22.5 Å². The number of nitrogens with one attached hydrogen (secondary N) is 1. The highest BCUT2D eigenvalue weighted by Crippen LogP contribution is 2.32. The minimum atomic E-state index is -0.827. The number of carbonyl (C=O) groups excluding carboxylic acids is 3. The lowest BCUT2D eigenvalue weighted by Crippen LogP contribution is -2.20. The number of carbonyl (C=O) groups is 3. The van der Waals surface area contributed by atoms with Gasteiger partial charge in [0.1, 0.15) is 5.69 Å². The summed E-state index contributed by atoms with van der Waals surface area (Å²) in [6.45, 7) is 5.67. The van der Waals surface area contributed by atoms with Gasteiger partial charge in [-0.15, -0.1) is 0 Å². The molecule has 2 heterocycles. The summed E-state index contributed by atoms with van der Waals surface area (Å²) in [4.78, 5) is 52.3. The first kappa shape index (κ1) is 21.2. The molecule has 1 aliphatic heterocycles. The molecule has 30 heavy (non-hydrogen) atoms. The molecule has 0 atom stereocenters. The molecule has 1 aliphatic rings. The highest BCUT2D eigenvalue weighted by Gasteiger charge is 2.25. The number of rotatable bonds is 7. The number of nitro groups is 1. The maximum Gasteiger partial charge on any atom is 0.338 e.